The number of ether oxygens (including phenoxy) is 2. The van der Waals surface area contributed by atoms with Gasteiger partial charge in [0.15, 0.2) is 5.78 Å². The van der Waals surface area contributed by atoms with E-state index in [4.69, 9.17) is 9.47 Å². The van der Waals surface area contributed by atoms with E-state index in [-0.39, 0.29) is 5.78 Å². The van der Waals surface area contributed by atoms with Crippen molar-refractivity contribution in [2.45, 2.75) is 26.7 Å². The number of carbonyl (C=O) groups is 3. The number of fused-ring (bicyclic) bond motifs is 3. The average Bonchev–Trinajstić information content (AvgIpc) is 2.95. The molecule has 0 radical (unpaired) electrons. The number of benzene rings is 2. The van der Waals surface area contributed by atoms with Crippen LogP contribution in [-0.4, -0.2) is 30.9 Å². The minimum Gasteiger partial charge on any atom is -0.462 e. The molecule has 2 aromatic carbocycles. The molecule has 0 unspecified atom stereocenters. The average molecular weight is 352 g/mol. The summed E-state index contributed by atoms with van der Waals surface area (Å²) >= 11 is 0. The van der Waals surface area contributed by atoms with Crippen LogP contribution in [-0.2, 0) is 9.47 Å². The Morgan fingerprint density at radius 3 is 1.54 bits per heavy atom. The topological polar surface area (TPSA) is 69.7 Å². The number of ketones is 1. The fraction of sp³-hybridized carbons (Fsp3) is 0.286. The molecule has 2 aromatic rings. The lowest BCUT2D eigenvalue weighted by Gasteiger charge is -2.06. The van der Waals surface area contributed by atoms with Crippen molar-refractivity contribution in [1.29, 1.82) is 0 Å². The van der Waals surface area contributed by atoms with Gasteiger partial charge >= 0.3 is 11.9 Å². The van der Waals surface area contributed by atoms with Crippen LogP contribution in [0.5, 0.6) is 0 Å². The summed E-state index contributed by atoms with van der Waals surface area (Å²) in [6, 6.07) is 9.92. The van der Waals surface area contributed by atoms with Crippen LogP contribution in [0, 0.1) is 0 Å². The third kappa shape index (κ3) is 3.25. The minimum atomic E-state index is -0.442. The lowest BCUT2D eigenvalue weighted by molar-refractivity contribution is 0.0496. The summed E-state index contributed by atoms with van der Waals surface area (Å²) in [7, 11) is 0. The second kappa shape index (κ2) is 7.52. The Morgan fingerprint density at radius 1 is 0.731 bits per heavy atom. The maximum atomic E-state index is 12.8. The molecular weight excluding hydrogens is 332 g/mol. The van der Waals surface area contributed by atoms with Crippen LogP contribution in [0.1, 0.15) is 63.3 Å². The van der Waals surface area contributed by atoms with Gasteiger partial charge in [0.25, 0.3) is 0 Å². The second-order valence-corrected chi connectivity index (χ2v) is 6.12. The van der Waals surface area contributed by atoms with E-state index in [1.165, 1.54) is 0 Å². The van der Waals surface area contributed by atoms with Crippen molar-refractivity contribution in [3.05, 3.63) is 58.7 Å². The Hall–Kier alpha value is -2.95. The van der Waals surface area contributed by atoms with E-state index < -0.39 is 11.9 Å². The van der Waals surface area contributed by atoms with Crippen LogP contribution >= 0.6 is 0 Å². The van der Waals surface area contributed by atoms with Crippen LogP contribution in [0.25, 0.3) is 11.1 Å². The third-order valence-corrected chi connectivity index (χ3v) is 4.16. The van der Waals surface area contributed by atoms with E-state index in [0.29, 0.717) is 35.5 Å². The summed E-state index contributed by atoms with van der Waals surface area (Å²) in [5.41, 5.74) is 3.10. The number of hydrogen-bond acceptors (Lipinski definition) is 5. The summed E-state index contributed by atoms with van der Waals surface area (Å²) < 4.78 is 10.3. The molecule has 0 bridgehead atoms. The molecule has 0 heterocycles. The zero-order valence-corrected chi connectivity index (χ0v) is 14.8. The van der Waals surface area contributed by atoms with E-state index in [2.05, 4.69) is 0 Å². The van der Waals surface area contributed by atoms with Gasteiger partial charge in [0.1, 0.15) is 0 Å². The van der Waals surface area contributed by atoms with Crippen molar-refractivity contribution < 1.29 is 23.9 Å². The first kappa shape index (κ1) is 17.9. The molecule has 26 heavy (non-hydrogen) atoms. The van der Waals surface area contributed by atoms with Crippen LogP contribution in [0.2, 0.25) is 0 Å². The highest BCUT2D eigenvalue weighted by molar-refractivity contribution is 6.22. The molecule has 5 nitrogen and oxygen atoms in total. The summed E-state index contributed by atoms with van der Waals surface area (Å²) in [6.07, 6.45) is 1.47. The van der Waals surface area contributed by atoms with Gasteiger partial charge in [-0.1, -0.05) is 26.0 Å². The largest absolute Gasteiger partial charge is 0.462 e. The molecule has 5 heteroatoms. The zero-order chi connectivity index (χ0) is 18.7. The normalized spacial score (nSPS) is 11.7. The number of carbonyl (C=O) groups excluding carboxylic acids is 3. The van der Waals surface area contributed by atoms with Gasteiger partial charge in [0.2, 0.25) is 0 Å². The van der Waals surface area contributed by atoms with Crippen molar-refractivity contribution >= 4 is 17.7 Å². The summed E-state index contributed by atoms with van der Waals surface area (Å²) in [5, 5.41) is 0. The monoisotopic (exact) mass is 352 g/mol. The number of esters is 2. The van der Waals surface area contributed by atoms with Gasteiger partial charge in [-0.3, -0.25) is 4.79 Å². The standard InChI is InChI=1S/C21H20O5/c1-3-9-25-20(23)13-5-7-15-16-8-6-14(21(24)26-10-4-2)12-18(16)19(22)17(15)11-13/h5-8,11-12H,3-4,9-10H2,1-2H3. The Balaban J connectivity index is 1.91. The van der Waals surface area contributed by atoms with Crippen LogP contribution in [0.3, 0.4) is 0 Å². The van der Waals surface area contributed by atoms with Crippen LogP contribution in [0.15, 0.2) is 36.4 Å². The van der Waals surface area contributed by atoms with E-state index >= 15 is 0 Å². The first-order chi connectivity index (χ1) is 12.6. The molecule has 0 saturated carbocycles. The quantitative estimate of drug-likeness (QED) is 0.627. The maximum absolute atomic E-state index is 12.8. The van der Waals surface area contributed by atoms with Gasteiger partial charge in [-0.25, -0.2) is 9.59 Å². The molecule has 0 N–H and O–H groups in total. The highest BCUT2D eigenvalue weighted by Crippen LogP contribution is 2.37. The Kier molecular flexibility index (Phi) is 5.16. The van der Waals surface area contributed by atoms with Gasteiger partial charge in [0.05, 0.1) is 24.3 Å². The highest BCUT2D eigenvalue weighted by Gasteiger charge is 2.29. The third-order valence-electron chi connectivity index (χ3n) is 4.16. The maximum Gasteiger partial charge on any atom is 0.338 e. The number of hydrogen-bond donors (Lipinski definition) is 0. The SMILES string of the molecule is CCCOC(=O)c1ccc2c(c1)C(=O)c1cc(C(=O)OCCC)ccc1-2. The predicted octanol–water partition coefficient (Wildman–Crippen LogP) is 4.03. The Bertz CT molecular complexity index is 810. The van der Waals surface area contributed by atoms with Crippen molar-refractivity contribution in [2.24, 2.45) is 0 Å². The second-order valence-electron chi connectivity index (χ2n) is 6.12. The molecule has 3 rings (SSSR count). The lowest BCUT2D eigenvalue weighted by Crippen LogP contribution is -2.08. The van der Waals surface area contributed by atoms with E-state index in [0.717, 1.165) is 24.0 Å². The van der Waals surface area contributed by atoms with Gasteiger partial charge in [-0.05, 0) is 48.2 Å². The highest BCUT2D eigenvalue weighted by atomic mass is 16.5. The molecule has 0 fully saturated rings. The molecule has 0 aliphatic heterocycles. The molecule has 0 spiro atoms. The first-order valence-electron chi connectivity index (χ1n) is 8.74. The van der Waals surface area contributed by atoms with E-state index in [9.17, 15) is 14.4 Å². The van der Waals surface area contributed by atoms with Gasteiger partial charge in [-0.2, -0.15) is 0 Å². The Labute approximate surface area is 151 Å². The fourth-order valence-electron chi connectivity index (χ4n) is 2.89. The summed E-state index contributed by atoms with van der Waals surface area (Å²) in [5.74, 6) is -1.09. The number of rotatable bonds is 6. The summed E-state index contributed by atoms with van der Waals surface area (Å²) in [4.78, 5) is 36.8. The van der Waals surface area contributed by atoms with Crippen molar-refractivity contribution in [2.75, 3.05) is 13.2 Å². The smallest absolute Gasteiger partial charge is 0.338 e. The lowest BCUT2D eigenvalue weighted by atomic mass is 10.0. The molecule has 1 aliphatic carbocycles. The van der Waals surface area contributed by atoms with Crippen molar-refractivity contribution in [1.82, 2.24) is 0 Å². The fourth-order valence-corrected chi connectivity index (χ4v) is 2.89. The van der Waals surface area contributed by atoms with Crippen molar-refractivity contribution in [3.8, 4) is 11.1 Å². The molecule has 0 aromatic heterocycles. The molecule has 0 amide bonds. The predicted molar refractivity (Wildman–Crippen MR) is 96.5 cm³/mol. The molecular formula is C21H20O5. The van der Waals surface area contributed by atoms with Crippen molar-refractivity contribution in [3.63, 3.8) is 0 Å². The molecule has 1 aliphatic rings. The first-order valence-corrected chi connectivity index (χ1v) is 8.74. The zero-order valence-electron chi connectivity index (χ0n) is 14.8. The molecule has 134 valence electrons. The Morgan fingerprint density at radius 2 is 1.15 bits per heavy atom. The summed E-state index contributed by atoms with van der Waals surface area (Å²) in [6.45, 7) is 4.51. The van der Waals surface area contributed by atoms with Gasteiger partial charge in [-0.15, -0.1) is 0 Å². The molecule has 0 atom stereocenters. The van der Waals surface area contributed by atoms with Gasteiger partial charge in [0, 0.05) is 11.1 Å². The molecule has 0 saturated heterocycles. The van der Waals surface area contributed by atoms with Crippen LogP contribution in [0.4, 0.5) is 0 Å². The van der Waals surface area contributed by atoms with E-state index in [1.54, 1.807) is 36.4 Å². The van der Waals surface area contributed by atoms with Crippen LogP contribution < -0.4 is 0 Å². The van der Waals surface area contributed by atoms with Gasteiger partial charge < -0.3 is 9.47 Å². The van der Waals surface area contributed by atoms with E-state index in [1.807, 2.05) is 13.8 Å². The minimum absolute atomic E-state index is 0.203.